The van der Waals surface area contributed by atoms with E-state index in [9.17, 15) is 4.79 Å². The molecule has 0 saturated carbocycles. The number of fused-ring (bicyclic) bond motifs is 1. The Kier molecular flexibility index (Phi) is 6.55. The fraction of sp³-hybridized carbons (Fsp3) is 0.240. The number of hydrogen-bond donors (Lipinski definition) is 3. The first-order valence-corrected chi connectivity index (χ1v) is 11.5. The number of halogens is 1. The maximum absolute atomic E-state index is 13.0. The summed E-state index contributed by atoms with van der Waals surface area (Å²) in [4.78, 5) is 22.5. The van der Waals surface area contributed by atoms with Gasteiger partial charge in [-0.05, 0) is 35.7 Å². The highest BCUT2D eigenvalue weighted by molar-refractivity contribution is 6.37. The zero-order valence-electron chi connectivity index (χ0n) is 18.7. The molecule has 0 unspecified atom stereocenters. The number of aromatic nitrogens is 3. The normalized spacial score (nSPS) is 15.6. The Morgan fingerprint density at radius 2 is 2.03 bits per heavy atom. The summed E-state index contributed by atoms with van der Waals surface area (Å²) < 4.78 is 1.81. The monoisotopic (exact) mass is 476 g/mol. The zero-order chi connectivity index (χ0) is 23.5. The molecule has 0 radical (unpaired) electrons. The Hall–Kier alpha value is -3.30. The van der Waals surface area contributed by atoms with Gasteiger partial charge in [0.1, 0.15) is 5.82 Å². The number of hydroxylamine groups is 1. The minimum atomic E-state index is -0.309. The molecule has 174 valence electrons. The van der Waals surface area contributed by atoms with Crippen LogP contribution in [0.3, 0.4) is 0 Å². The van der Waals surface area contributed by atoms with Crippen molar-refractivity contribution in [3.63, 3.8) is 0 Å². The molecule has 3 N–H and O–H groups in total. The Morgan fingerprint density at radius 3 is 2.82 bits per heavy atom. The van der Waals surface area contributed by atoms with Crippen LogP contribution in [-0.2, 0) is 18.4 Å². The average molecular weight is 477 g/mol. The molecule has 1 amide bonds. The van der Waals surface area contributed by atoms with Gasteiger partial charge in [-0.1, -0.05) is 41.9 Å². The second-order valence-corrected chi connectivity index (χ2v) is 8.64. The number of nitrogens with one attached hydrogen (secondary N) is 3. The van der Waals surface area contributed by atoms with Gasteiger partial charge in [0.15, 0.2) is 0 Å². The fourth-order valence-corrected chi connectivity index (χ4v) is 4.40. The molecule has 1 aliphatic heterocycles. The van der Waals surface area contributed by atoms with Crippen LogP contribution in [-0.4, -0.2) is 39.9 Å². The summed E-state index contributed by atoms with van der Waals surface area (Å²) in [6.07, 6.45) is 4.56. The summed E-state index contributed by atoms with van der Waals surface area (Å²) in [5.41, 5.74) is 7.10. The molecule has 3 heterocycles. The van der Waals surface area contributed by atoms with Crippen LogP contribution in [0.15, 0.2) is 60.9 Å². The summed E-state index contributed by atoms with van der Waals surface area (Å²) in [6.45, 7) is 2.25. The predicted octanol–water partition coefficient (Wildman–Crippen LogP) is 3.92. The third-order valence-corrected chi connectivity index (χ3v) is 6.34. The topological polar surface area (TPSA) is 93.1 Å². The maximum atomic E-state index is 13.0. The van der Waals surface area contributed by atoms with E-state index in [0.717, 1.165) is 47.2 Å². The molecule has 0 aliphatic carbocycles. The van der Waals surface area contributed by atoms with E-state index >= 15 is 0 Å². The highest BCUT2D eigenvalue weighted by Gasteiger charge is 2.17. The highest BCUT2D eigenvalue weighted by Crippen LogP contribution is 2.35. The van der Waals surface area contributed by atoms with Crippen molar-refractivity contribution in [3.05, 3.63) is 77.1 Å². The summed E-state index contributed by atoms with van der Waals surface area (Å²) in [5.74, 6) is 0.159. The van der Waals surface area contributed by atoms with Crippen molar-refractivity contribution in [1.82, 2.24) is 25.6 Å². The van der Waals surface area contributed by atoms with Gasteiger partial charge in [-0.3, -0.25) is 9.48 Å². The van der Waals surface area contributed by atoms with Crippen molar-refractivity contribution in [1.29, 1.82) is 0 Å². The number of pyridine rings is 1. The molecule has 8 nitrogen and oxygen atoms in total. The lowest BCUT2D eigenvalue weighted by Gasteiger charge is -2.12. The van der Waals surface area contributed by atoms with Gasteiger partial charge < -0.3 is 15.5 Å². The van der Waals surface area contributed by atoms with Crippen LogP contribution >= 0.6 is 11.6 Å². The van der Waals surface area contributed by atoms with E-state index in [-0.39, 0.29) is 5.91 Å². The lowest BCUT2D eigenvalue weighted by Crippen LogP contribution is -2.33. The van der Waals surface area contributed by atoms with Crippen molar-refractivity contribution in [2.24, 2.45) is 7.05 Å². The number of benzene rings is 2. The summed E-state index contributed by atoms with van der Waals surface area (Å²) in [6, 6.07) is 15.5. The molecule has 9 heteroatoms. The van der Waals surface area contributed by atoms with Crippen LogP contribution in [0.1, 0.15) is 22.3 Å². The van der Waals surface area contributed by atoms with Gasteiger partial charge in [0.05, 0.1) is 28.9 Å². The fourth-order valence-electron chi connectivity index (χ4n) is 4.09. The minimum absolute atomic E-state index is 0.309. The van der Waals surface area contributed by atoms with E-state index in [2.05, 4.69) is 26.2 Å². The number of nitrogens with zero attached hydrogens (tertiary/aromatic N) is 3. The molecular weight excluding hydrogens is 452 g/mol. The van der Waals surface area contributed by atoms with E-state index in [1.807, 2.05) is 54.3 Å². The van der Waals surface area contributed by atoms with Crippen LogP contribution in [0, 0.1) is 0 Å². The third-order valence-electron chi connectivity index (χ3n) is 5.93. The van der Waals surface area contributed by atoms with E-state index in [1.54, 1.807) is 18.3 Å². The molecule has 1 aliphatic rings. The molecule has 34 heavy (non-hydrogen) atoms. The van der Waals surface area contributed by atoms with Crippen molar-refractivity contribution in [3.8, 4) is 11.1 Å². The van der Waals surface area contributed by atoms with E-state index < -0.39 is 0 Å². The first-order chi connectivity index (χ1) is 16.6. The van der Waals surface area contributed by atoms with Gasteiger partial charge in [-0.2, -0.15) is 10.6 Å². The maximum Gasteiger partial charge on any atom is 0.258 e. The molecule has 0 bridgehead atoms. The van der Waals surface area contributed by atoms with Crippen molar-refractivity contribution in [2.75, 3.05) is 18.5 Å². The largest absolute Gasteiger partial charge is 0.311 e. The third kappa shape index (κ3) is 4.67. The summed E-state index contributed by atoms with van der Waals surface area (Å²) >= 11 is 6.72. The molecule has 2 aromatic heterocycles. The van der Waals surface area contributed by atoms with Gasteiger partial charge in [0.2, 0.25) is 0 Å². The Balaban J connectivity index is 1.28. The molecule has 2 aromatic carbocycles. The van der Waals surface area contributed by atoms with Gasteiger partial charge in [0.25, 0.3) is 5.91 Å². The standard InChI is InChI=1S/C25H25ClN6O2/c1-32-22-7-3-4-18(21(22)15-29-32)19-5-2-6-20(24(19)26)25(33)30-23-9-8-16(13-28-23)12-27-14-17-10-11-34-31-17/h2-9,13,15,17,27,31H,10-12,14H2,1H3,(H,28,30,33)/t17-/m0/s1. The number of carbonyl (C=O) groups is 1. The van der Waals surface area contributed by atoms with Crippen LogP contribution in [0.2, 0.25) is 5.02 Å². The molecule has 4 aromatic rings. The second kappa shape index (κ2) is 9.90. The number of aryl methyl sites for hydroxylation is 1. The highest BCUT2D eigenvalue weighted by atomic mass is 35.5. The smallest absolute Gasteiger partial charge is 0.258 e. The molecule has 5 rings (SSSR count). The number of amides is 1. The van der Waals surface area contributed by atoms with Crippen LogP contribution < -0.4 is 16.1 Å². The predicted molar refractivity (Wildman–Crippen MR) is 133 cm³/mol. The minimum Gasteiger partial charge on any atom is -0.311 e. The number of carbonyl (C=O) groups excluding carboxylic acids is 1. The lowest BCUT2D eigenvalue weighted by molar-refractivity contribution is 0.0880. The van der Waals surface area contributed by atoms with Gasteiger partial charge in [-0.15, -0.1) is 0 Å². The van der Waals surface area contributed by atoms with E-state index in [4.69, 9.17) is 16.4 Å². The molecule has 1 fully saturated rings. The van der Waals surface area contributed by atoms with Crippen LogP contribution in [0.5, 0.6) is 0 Å². The average Bonchev–Trinajstić information content (AvgIpc) is 3.50. The summed E-state index contributed by atoms with van der Waals surface area (Å²) in [5, 5.41) is 11.9. The Bertz CT molecular complexity index is 1310. The second-order valence-electron chi connectivity index (χ2n) is 8.26. The molecule has 1 saturated heterocycles. The van der Waals surface area contributed by atoms with Crippen LogP contribution in [0.25, 0.3) is 22.0 Å². The van der Waals surface area contributed by atoms with Gasteiger partial charge in [0, 0.05) is 43.3 Å². The van der Waals surface area contributed by atoms with Gasteiger partial charge in [-0.25, -0.2) is 4.98 Å². The van der Waals surface area contributed by atoms with Crippen molar-refractivity contribution < 1.29 is 9.63 Å². The molecule has 1 atom stereocenters. The van der Waals surface area contributed by atoms with Crippen LogP contribution in [0.4, 0.5) is 5.82 Å². The first-order valence-electron chi connectivity index (χ1n) is 11.1. The zero-order valence-corrected chi connectivity index (χ0v) is 19.5. The quantitative estimate of drug-likeness (QED) is 0.374. The molecule has 0 spiro atoms. The Labute approximate surface area is 202 Å². The van der Waals surface area contributed by atoms with Crippen molar-refractivity contribution >= 4 is 34.2 Å². The lowest BCUT2D eigenvalue weighted by atomic mass is 9.99. The SMILES string of the molecule is Cn1ncc2c(-c3cccc(C(=O)Nc4ccc(CNC[C@@H]5CCON5)cn4)c3Cl)cccc21. The van der Waals surface area contributed by atoms with Crippen molar-refractivity contribution in [2.45, 2.75) is 19.0 Å². The van der Waals surface area contributed by atoms with E-state index in [1.165, 1.54) is 0 Å². The first kappa shape index (κ1) is 22.5. The Morgan fingerprint density at radius 1 is 1.18 bits per heavy atom. The number of anilines is 1. The van der Waals surface area contributed by atoms with Gasteiger partial charge >= 0.3 is 0 Å². The van der Waals surface area contributed by atoms with E-state index in [0.29, 0.717) is 29.0 Å². The number of hydrogen-bond acceptors (Lipinski definition) is 6. The number of rotatable bonds is 7. The molecular formula is C25H25ClN6O2. The summed E-state index contributed by atoms with van der Waals surface area (Å²) in [7, 11) is 1.90.